The SMILES string of the molecule is CCNC(=NCc1ccccc1CC)NC(C)(C)C. The highest BCUT2D eigenvalue weighted by Gasteiger charge is 2.11. The van der Waals surface area contributed by atoms with Gasteiger partial charge in [-0.3, -0.25) is 0 Å². The Morgan fingerprint density at radius 1 is 1.11 bits per heavy atom. The van der Waals surface area contributed by atoms with Crippen LogP contribution in [0.15, 0.2) is 29.3 Å². The van der Waals surface area contributed by atoms with E-state index in [1.807, 2.05) is 0 Å². The monoisotopic (exact) mass is 261 g/mol. The summed E-state index contributed by atoms with van der Waals surface area (Å²) in [5.41, 5.74) is 2.69. The van der Waals surface area contributed by atoms with Gasteiger partial charge in [0.1, 0.15) is 0 Å². The molecule has 0 fully saturated rings. The Balaban J connectivity index is 2.80. The van der Waals surface area contributed by atoms with E-state index >= 15 is 0 Å². The molecule has 0 unspecified atom stereocenters. The van der Waals surface area contributed by atoms with Gasteiger partial charge in [0, 0.05) is 12.1 Å². The van der Waals surface area contributed by atoms with Crippen molar-refractivity contribution < 1.29 is 0 Å². The minimum atomic E-state index is 0.0191. The Bertz CT molecular complexity index is 416. The quantitative estimate of drug-likeness (QED) is 0.645. The van der Waals surface area contributed by atoms with Crippen LogP contribution >= 0.6 is 0 Å². The molecule has 1 rings (SSSR count). The Kier molecular flexibility index (Phi) is 5.87. The van der Waals surface area contributed by atoms with E-state index in [0.29, 0.717) is 0 Å². The summed E-state index contributed by atoms with van der Waals surface area (Å²) in [6.07, 6.45) is 1.05. The van der Waals surface area contributed by atoms with Gasteiger partial charge in [-0.2, -0.15) is 0 Å². The third-order valence-corrected chi connectivity index (χ3v) is 2.74. The molecule has 3 heteroatoms. The van der Waals surface area contributed by atoms with Crippen molar-refractivity contribution in [2.24, 2.45) is 4.99 Å². The van der Waals surface area contributed by atoms with Crippen LogP contribution in [-0.2, 0) is 13.0 Å². The molecule has 0 atom stereocenters. The number of guanidine groups is 1. The number of hydrogen-bond donors (Lipinski definition) is 2. The van der Waals surface area contributed by atoms with Crippen LogP contribution in [0.25, 0.3) is 0 Å². The second-order valence-corrected chi connectivity index (χ2v) is 5.69. The summed E-state index contributed by atoms with van der Waals surface area (Å²) < 4.78 is 0. The van der Waals surface area contributed by atoms with E-state index in [1.165, 1.54) is 11.1 Å². The summed E-state index contributed by atoms with van der Waals surface area (Å²) in [7, 11) is 0. The van der Waals surface area contributed by atoms with Gasteiger partial charge in [0.05, 0.1) is 6.54 Å². The van der Waals surface area contributed by atoms with Crippen molar-refractivity contribution in [3.05, 3.63) is 35.4 Å². The van der Waals surface area contributed by atoms with Gasteiger partial charge in [-0.05, 0) is 45.2 Å². The van der Waals surface area contributed by atoms with Gasteiger partial charge in [-0.1, -0.05) is 31.2 Å². The van der Waals surface area contributed by atoms with Crippen molar-refractivity contribution in [3.63, 3.8) is 0 Å². The zero-order valence-electron chi connectivity index (χ0n) is 12.9. The molecule has 19 heavy (non-hydrogen) atoms. The minimum Gasteiger partial charge on any atom is -0.357 e. The molecular formula is C16H27N3. The lowest BCUT2D eigenvalue weighted by atomic mass is 10.1. The van der Waals surface area contributed by atoms with Gasteiger partial charge in [0.25, 0.3) is 0 Å². The molecule has 0 aliphatic carbocycles. The largest absolute Gasteiger partial charge is 0.357 e. The molecule has 0 spiro atoms. The van der Waals surface area contributed by atoms with Gasteiger partial charge >= 0.3 is 0 Å². The van der Waals surface area contributed by atoms with E-state index in [-0.39, 0.29) is 5.54 Å². The van der Waals surface area contributed by atoms with Crippen molar-refractivity contribution in [3.8, 4) is 0 Å². The topological polar surface area (TPSA) is 36.4 Å². The molecule has 0 aromatic heterocycles. The number of hydrogen-bond acceptors (Lipinski definition) is 1. The molecule has 0 amide bonds. The second-order valence-electron chi connectivity index (χ2n) is 5.69. The highest BCUT2D eigenvalue weighted by Crippen LogP contribution is 2.10. The van der Waals surface area contributed by atoms with Crippen LogP contribution < -0.4 is 10.6 Å². The summed E-state index contributed by atoms with van der Waals surface area (Å²) >= 11 is 0. The molecular weight excluding hydrogens is 234 g/mol. The maximum Gasteiger partial charge on any atom is 0.191 e. The molecule has 106 valence electrons. The number of benzene rings is 1. The summed E-state index contributed by atoms with van der Waals surface area (Å²) in [5, 5.41) is 6.69. The Morgan fingerprint density at radius 2 is 1.74 bits per heavy atom. The molecule has 0 saturated heterocycles. The van der Waals surface area contributed by atoms with Crippen LogP contribution in [0, 0.1) is 0 Å². The van der Waals surface area contributed by atoms with Crippen molar-refractivity contribution in [2.45, 2.75) is 53.1 Å². The highest BCUT2D eigenvalue weighted by atomic mass is 15.2. The van der Waals surface area contributed by atoms with Gasteiger partial charge in [0.15, 0.2) is 5.96 Å². The fourth-order valence-electron chi connectivity index (χ4n) is 1.88. The van der Waals surface area contributed by atoms with Crippen LogP contribution in [0.4, 0.5) is 0 Å². The van der Waals surface area contributed by atoms with Crippen molar-refractivity contribution in [1.29, 1.82) is 0 Å². The third-order valence-electron chi connectivity index (χ3n) is 2.74. The summed E-state index contributed by atoms with van der Waals surface area (Å²) in [5.74, 6) is 0.876. The smallest absolute Gasteiger partial charge is 0.191 e. The van der Waals surface area contributed by atoms with E-state index in [1.54, 1.807) is 0 Å². The molecule has 0 bridgehead atoms. The zero-order valence-corrected chi connectivity index (χ0v) is 12.9. The molecule has 0 heterocycles. The summed E-state index contributed by atoms with van der Waals surface area (Å²) in [6.45, 7) is 12.3. The molecule has 0 aliphatic rings. The number of aliphatic imine (C=N–C) groups is 1. The van der Waals surface area contributed by atoms with Crippen molar-refractivity contribution in [1.82, 2.24) is 10.6 Å². The minimum absolute atomic E-state index is 0.0191. The average Bonchev–Trinajstić information content (AvgIpc) is 2.35. The van der Waals surface area contributed by atoms with Gasteiger partial charge in [-0.15, -0.1) is 0 Å². The normalized spacial score (nSPS) is 12.4. The highest BCUT2D eigenvalue weighted by molar-refractivity contribution is 5.80. The van der Waals surface area contributed by atoms with Crippen LogP contribution in [0.3, 0.4) is 0 Å². The molecule has 1 aromatic carbocycles. The molecule has 2 N–H and O–H groups in total. The first kappa shape index (κ1) is 15.5. The Morgan fingerprint density at radius 3 is 2.26 bits per heavy atom. The summed E-state index contributed by atoms with van der Waals surface area (Å²) in [6, 6.07) is 8.50. The lowest BCUT2D eigenvalue weighted by Gasteiger charge is -2.23. The van der Waals surface area contributed by atoms with E-state index in [4.69, 9.17) is 0 Å². The first-order chi connectivity index (χ1) is 8.96. The van der Waals surface area contributed by atoms with Crippen LogP contribution in [-0.4, -0.2) is 18.0 Å². The number of rotatable bonds is 4. The van der Waals surface area contributed by atoms with Gasteiger partial charge in [0.2, 0.25) is 0 Å². The Hall–Kier alpha value is -1.51. The zero-order chi connectivity index (χ0) is 14.3. The van der Waals surface area contributed by atoms with Gasteiger partial charge in [-0.25, -0.2) is 4.99 Å². The van der Waals surface area contributed by atoms with Crippen LogP contribution in [0.5, 0.6) is 0 Å². The van der Waals surface area contributed by atoms with Crippen LogP contribution in [0.2, 0.25) is 0 Å². The van der Waals surface area contributed by atoms with E-state index in [2.05, 4.69) is 74.5 Å². The molecule has 0 aliphatic heterocycles. The van der Waals surface area contributed by atoms with Crippen molar-refractivity contribution >= 4 is 5.96 Å². The third kappa shape index (κ3) is 5.77. The Labute approximate surface area is 117 Å². The number of nitrogens with zero attached hydrogens (tertiary/aromatic N) is 1. The lowest BCUT2D eigenvalue weighted by Crippen LogP contribution is -2.47. The summed E-state index contributed by atoms with van der Waals surface area (Å²) in [4.78, 5) is 4.67. The van der Waals surface area contributed by atoms with Crippen molar-refractivity contribution in [2.75, 3.05) is 6.54 Å². The van der Waals surface area contributed by atoms with E-state index in [0.717, 1.165) is 25.5 Å². The maximum absolute atomic E-state index is 4.67. The molecule has 3 nitrogen and oxygen atoms in total. The predicted octanol–water partition coefficient (Wildman–Crippen LogP) is 3.10. The predicted molar refractivity (Wildman–Crippen MR) is 83.5 cm³/mol. The fourth-order valence-corrected chi connectivity index (χ4v) is 1.88. The number of aryl methyl sites for hydroxylation is 1. The van der Waals surface area contributed by atoms with E-state index < -0.39 is 0 Å². The lowest BCUT2D eigenvalue weighted by molar-refractivity contribution is 0.501. The van der Waals surface area contributed by atoms with Gasteiger partial charge < -0.3 is 10.6 Å². The molecule has 0 radical (unpaired) electrons. The average molecular weight is 261 g/mol. The van der Waals surface area contributed by atoms with E-state index in [9.17, 15) is 0 Å². The standard InChI is InChI=1S/C16H27N3/c1-6-13-10-8-9-11-14(13)12-18-15(17-7-2)19-16(3,4)5/h8-11H,6-7,12H2,1-5H3,(H2,17,18,19). The second kappa shape index (κ2) is 7.17. The molecule has 1 aromatic rings. The van der Waals surface area contributed by atoms with Crippen LogP contribution in [0.1, 0.15) is 45.7 Å². The fraction of sp³-hybridized carbons (Fsp3) is 0.562. The maximum atomic E-state index is 4.67. The first-order valence-electron chi connectivity index (χ1n) is 7.09. The number of nitrogens with one attached hydrogen (secondary N) is 2. The molecule has 0 saturated carbocycles. The first-order valence-corrected chi connectivity index (χ1v) is 7.09.